The summed E-state index contributed by atoms with van der Waals surface area (Å²) in [6.45, 7) is 2.00. The average Bonchev–Trinajstić information content (AvgIpc) is 2.90. The smallest absolute Gasteiger partial charge is 0.261 e. The third kappa shape index (κ3) is 2.38. The van der Waals surface area contributed by atoms with E-state index in [1.54, 1.807) is 11.3 Å². The molecule has 92 valence electrons. The Morgan fingerprint density at radius 1 is 1.41 bits per heavy atom. The first-order valence-corrected chi connectivity index (χ1v) is 7.28. The molecule has 2 N–H and O–H groups in total. The normalized spacial score (nSPS) is 23.4. The maximum atomic E-state index is 12.1. The van der Waals surface area contributed by atoms with Crippen LogP contribution in [0.1, 0.15) is 39.4 Å². The molecule has 1 amide bonds. The third-order valence-electron chi connectivity index (χ3n) is 3.60. The quantitative estimate of drug-likeness (QED) is 0.839. The van der Waals surface area contributed by atoms with E-state index < -0.39 is 0 Å². The third-order valence-corrected chi connectivity index (χ3v) is 4.84. The summed E-state index contributed by atoms with van der Waals surface area (Å²) in [7, 11) is 0. The van der Waals surface area contributed by atoms with Crippen molar-refractivity contribution in [2.75, 3.05) is 13.1 Å². The lowest BCUT2D eigenvalue weighted by atomic mass is 10.1. The van der Waals surface area contributed by atoms with Crippen LogP contribution in [0.3, 0.4) is 0 Å². The molecule has 3 nitrogen and oxygen atoms in total. The minimum Gasteiger partial charge on any atom is -0.347 e. The highest BCUT2D eigenvalue weighted by Crippen LogP contribution is 2.30. The first-order chi connectivity index (χ1) is 8.33. The van der Waals surface area contributed by atoms with Crippen molar-refractivity contribution in [3.63, 3.8) is 0 Å². The van der Waals surface area contributed by atoms with Gasteiger partial charge in [-0.05, 0) is 50.3 Å². The van der Waals surface area contributed by atoms with Crippen LogP contribution in [0.5, 0.6) is 0 Å². The van der Waals surface area contributed by atoms with Gasteiger partial charge in [-0.15, -0.1) is 11.3 Å². The lowest BCUT2D eigenvalue weighted by Gasteiger charge is -2.23. The van der Waals surface area contributed by atoms with Crippen molar-refractivity contribution in [2.45, 2.75) is 38.1 Å². The average molecular weight is 250 g/mol. The Labute approximate surface area is 106 Å². The standard InChI is InChI=1S/C13H18N2OS/c16-13(15-10-4-2-6-14-8-10)12-7-9-3-1-5-11(9)17-12/h7,10,14H,1-6,8H2,(H,15,16). The highest BCUT2D eigenvalue weighted by atomic mass is 32.1. The van der Waals surface area contributed by atoms with E-state index in [-0.39, 0.29) is 5.91 Å². The van der Waals surface area contributed by atoms with Crippen molar-refractivity contribution in [1.82, 2.24) is 10.6 Å². The van der Waals surface area contributed by atoms with Crippen LogP contribution in [0.2, 0.25) is 0 Å². The predicted octanol–water partition coefficient (Wildman–Crippen LogP) is 1.72. The second-order valence-electron chi connectivity index (χ2n) is 4.93. The van der Waals surface area contributed by atoms with Crippen LogP contribution < -0.4 is 10.6 Å². The van der Waals surface area contributed by atoms with E-state index >= 15 is 0 Å². The molecule has 0 aromatic carbocycles. The fraction of sp³-hybridized carbons (Fsp3) is 0.615. The number of aryl methyl sites for hydroxylation is 2. The van der Waals surface area contributed by atoms with Crippen molar-refractivity contribution >= 4 is 17.2 Å². The van der Waals surface area contributed by atoms with Crippen LogP contribution >= 0.6 is 11.3 Å². The molecule has 1 aromatic heterocycles. The van der Waals surface area contributed by atoms with Gasteiger partial charge in [-0.1, -0.05) is 0 Å². The Morgan fingerprint density at radius 3 is 3.12 bits per heavy atom. The van der Waals surface area contributed by atoms with Crippen LogP contribution in [0.25, 0.3) is 0 Å². The predicted molar refractivity (Wildman–Crippen MR) is 69.7 cm³/mol. The lowest BCUT2D eigenvalue weighted by Crippen LogP contribution is -2.45. The molecular formula is C13H18N2OS. The number of nitrogens with one attached hydrogen (secondary N) is 2. The van der Waals surface area contributed by atoms with Gasteiger partial charge in [-0.2, -0.15) is 0 Å². The van der Waals surface area contributed by atoms with Gasteiger partial charge in [-0.25, -0.2) is 0 Å². The van der Waals surface area contributed by atoms with Gasteiger partial charge in [-0.3, -0.25) is 4.79 Å². The van der Waals surface area contributed by atoms with Gasteiger partial charge in [0, 0.05) is 17.5 Å². The SMILES string of the molecule is O=C(NC1CCCNC1)c1cc2c(s1)CCC2. The summed E-state index contributed by atoms with van der Waals surface area (Å²) in [6.07, 6.45) is 5.84. The number of carbonyl (C=O) groups is 1. The molecule has 0 saturated carbocycles. The maximum Gasteiger partial charge on any atom is 0.261 e. The van der Waals surface area contributed by atoms with E-state index in [1.807, 2.05) is 0 Å². The van der Waals surface area contributed by atoms with Crippen LogP contribution in [0.15, 0.2) is 6.07 Å². The van der Waals surface area contributed by atoms with Crippen LogP contribution in [-0.4, -0.2) is 25.0 Å². The summed E-state index contributed by atoms with van der Waals surface area (Å²) in [4.78, 5) is 14.4. The molecule has 2 heterocycles. The Kier molecular flexibility index (Phi) is 3.16. The van der Waals surface area contributed by atoms with Gasteiger partial charge in [0.25, 0.3) is 5.91 Å². The van der Waals surface area contributed by atoms with E-state index in [0.717, 1.165) is 43.6 Å². The molecule has 1 fully saturated rings. The largest absolute Gasteiger partial charge is 0.347 e. The van der Waals surface area contributed by atoms with Gasteiger partial charge in [0.15, 0.2) is 0 Å². The van der Waals surface area contributed by atoms with Gasteiger partial charge >= 0.3 is 0 Å². The summed E-state index contributed by atoms with van der Waals surface area (Å²) in [5.41, 5.74) is 1.40. The van der Waals surface area contributed by atoms with Gasteiger partial charge < -0.3 is 10.6 Å². The first-order valence-electron chi connectivity index (χ1n) is 6.46. The molecule has 0 bridgehead atoms. The zero-order valence-corrected chi connectivity index (χ0v) is 10.7. The number of hydrogen-bond acceptors (Lipinski definition) is 3. The summed E-state index contributed by atoms with van der Waals surface area (Å²) in [6, 6.07) is 2.41. The zero-order valence-electron chi connectivity index (χ0n) is 9.92. The number of hydrogen-bond donors (Lipinski definition) is 2. The van der Waals surface area contributed by atoms with Crippen molar-refractivity contribution in [2.24, 2.45) is 0 Å². The fourth-order valence-electron chi connectivity index (χ4n) is 2.67. The first kappa shape index (κ1) is 11.2. The summed E-state index contributed by atoms with van der Waals surface area (Å²) >= 11 is 1.69. The topological polar surface area (TPSA) is 41.1 Å². The number of fused-ring (bicyclic) bond motifs is 1. The second kappa shape index (κ2) is 4.78. The molecule has 1 aromatic rings. The highest BCUT2D eigenvalue weighted by molar-refractivity contribution is 7.14. The minimum absolute atomic E-state index is 0.123. The molecule has 4 heteroatoms. The fourth-order valence-corrected chi connectivity index (χ4v) is 3.83. The van der Waals surface area contributed by atoms with Gasteiger partial charge in [0.05, 0.1) is 4.88 Å². The van der Waals surface area contributed by atoms with Crippen LogP contribution in [-0.2, 0) is 12.8 Å². The van der Waals surface area contributed by atoms with E-state index in [0.29, 0.717) is 6.04 Å². The Morgan fingerprint density at radius 2 is 2.35 bits per heavy atom. The maximum absolute atomic E-state index is 12.1. The summed E-state index contributed by atoms with van der Waals surface area (Å²) in [5.74, 6) is 0.123. The monoisotopic (exact) mass is 250 g/mol. The Bertz CT molecular complexity index is 400. The number of carbonyl (C=O) groups excluding carboxylic acids is 1. The molecule has 1 saturated heterocycles. The van der Waals surface area contributed by atoms with Crippen molar-refractivity contribution < 1.29 is 4.79 Å². The molecule has 1 unspecified atom stereocenters. The van der Waals surface area contributed by atoms with Crippen molar-refractivity contribution in [3.05, 3.63) is 21.4 Å². The number of amides is 1. The van der Waals surface area contributed by atoms with Gasteiger partial charge in [0.2, 0.25) is 0 Å². The lowest BCUT2D eigenvalue weighted by molar-refractivity contribution is 0.0934. The molecule has 1 aliphatic heterocycles. The van der Waals surface area contributed by atoms with E-state index in [4.69, 9.17) is 0 Å². The molecule has 1 atom stereocenters. The number of piperidine rings is 1. The molecule has 2 aliphatic rings. The van der Waals surface area contributed by atoms with Gasteiger partial charge in [0.1, 0.15) is 0 Å². The highest BCUT2D eigenvalue weighted by Gasteiger charge is 2.21. The number of rotatable bonds is 2. The zero-order chi connectivity index (χ0) is 11.7. The molecule has 1 aliphatic carbocycles. The van der Waals surface area contributed by atoms with Crippen LogP contribution in [0.4, 0.5) is 0 Å². The molecular weight excluding hydrogens is 232 g/mol. The minimum atomic E-state index is 0.123. The Balaban J connectivity index is 1.64. The molecule has 0 spiro atoms. The summed E-state index contributed by atoms with van der Waals surface area (Å²) in [5, 5.41) is 6.45. The van der Waals surface area contributed by atoms with Crippen molar-refractivity contribution in [1.29, 1.82) is 0 Å². The molecule has 0 radical (unpaired) electrons. The van der Waals surface area contributed by atoms with Crippen LogP contribution in [0, 0.1) is 0 Å². The van der Waals surface area contributed by atoms with E-state index in [2.05, 4.69) is 16.7 Å². The molecule has 3 rings (SSSR count). The number of thiophene rings is 1. The Hall–Kier alpha value is -0.870. The molecule has 17 heavy (non-hydrogen) atoms. The summed E-state index contributed by atoms with van der Waals surface area (Å²) < 4.78 is 0. The van der Waals surface area contributed by atoms with E-state index in [1.165, 1.54) is 16.9 Å². The van der Waals surface area contributed by atoms with Crippen molar-refractivity contribution in [3.8, 4) is 0 Å². The van der Waals surface area contributed by atoms with E-state index in [9.17, 15) is 4.79 Å². The second-order valence-corrected chi connectivity index (χ2v) is 6.07.